The van der Waals surface area contributed by atoms with E-state index in [2.05, 4.69) is 64.4 Å². The minimum atomic E-state index is 0.160. The number of fused-ring (bicyclic) bond motifs is 1. The van der Waals surface area contributed by atoms with Gasteiger partial charge in [0.25, 0.3) is 0 Å². The van der Waals surface area contributed by atoms with E-state index in [9.17, 15) is 0 Å². The first kappa shape index (κ1) is 17.5. The lowest BCUT2D eigenvalue weighted by Crippen LogP contribution is -2.32. The summed E-state index contributed by atoms with van der Waals surface area (Å²) in [6, 6.07) is 6.74. The average Bonchev–Trinajstić information content (AvgIpc) is 2.82. The lowest BCUT2D eigenvalue weighted by molar-refractivity contribution is 0.0219. The fourth-order valence-electron chi connectivity index (χ4n) is 3.91. The van der Waals surface area contributed by atoms with Crippen LogP contribution in [0.2, 0.25) is 0 Å². The molecule has 1 fully saturated rings. The number of rotatable bonds is 3. The van der Waals surface area contributed by atoms with Crippen molar-refractivity contribution < 1.29 is 4.74 Å². The fourth-order valence-corrected chi connectivity index (χ4v) is 3.91. The molecule has 0 amide bonds. The maximum absolute atomic E-state index is 5.54. The molecule has 1 saturated heterocycles. The van der Waals surface area contributed by atoms with Gasteiger partial charge in [-0.25, -0.2) is 4.98 Å². The van der Waals surface area contributed by atoms with Gasteiger partial charge in [-0.05, 0) is 47.3 Å². The highest BCUT2D eigenvalue weighted by Gasteiger charge is 2.32. The highest BCUT2D eigenvalue weighted by Crippen LogP contribution is 2.37. The molecule has 1 aromatic heterocycles. The Morgan fingerprint density at radius 3 is 2.42 bits per heavy atom. The van der Waals surface area contributed by atoms with Crippen LogP contribution in [-0.2, 0) is 23.6 Å². The quantitative estimate of drug-likeness (QED) is 0.804. The van der Waals surface area contributed by atoms with Gasteiger partial charge >= 0.3 is 0 Å². The lowest BCUT2D eigenvalue weighted by Gasteiger charge is -2.36. The molecule has 3 nitrogen and oxygen atoms in total. The molecule has 0 atom stereocenters. The maximum Gasteiger partial charge on any atom is 0.110 e. The molecule has 1 aliphatic rings. The maximum atomic E-state index is 5.54. The minimum Gasteiger partial charge on any atom is -0.381 e. The van der Waals surface area contributed by atoms with Crippen molar-refractivity contribution >= 4 is 11.0 Å². The Balaban J connectivity index is 1.90. The van der Waals surface area contributed by atoms with E-state index in [0.29, 0.717) is 0 Å². The van der Waals surface area contributed by atoms with Crippen LogP contribution in [0.3, 0.4) is 0 Å². The molecule has 0 N–H and O–H groups in total. The topological polar surface area (TPSA) is 27.1 Å². The predicted molar refractivity (Wildman–Crippen MR) is 100 cm³/mol. The van der Waals surface area contributed by atoms with Crippen LogP contribution < -0.4 is 0 Å². The smallest absolute Gasteiger partial charge is 0.110 e. The van der Waals surface area contributed by atoms with Crippen LogP contribution in [0.5, 0.6) is 0 Å². The molecule has 132 valence electrons. The van der Waals surface area contributed by atoms with Gasteiger partial charge < -0.3 is 9.30 Å². The summed E-state index contributed by atoms with van der Waals surface area (Å²) in [6.45, 7) is 13.4. The Hall–Kier alpha value is -1.35. The van der Waals surface area contributed by atoms with E-state index in [1.54, 1.807) is 0 Å². The monoisotopic (exact) mass is 328 g/mol. The van der Waals surface area contributed by atoms with Crippen molar-refractivity contribution in [2.24, 2.45) is 18.4 Å². The van der Waals surface area contributed by atoms with Crippen molar-refractivity contribution in [2.45, 2.75) is 59.3 Å². The van der Waals surface area contributed by atoms with E-state index in [1.807, 2.05) is 0 Å². The van der Waals surface area contributed by atoms with E-state index >= 15 is 0 Å². The van der Waals surface area contributed by atoms with Crippen molar-refractivity contribution in [3.05, 3.63) is 29.6 Å². The molecule has 1 aromatic carbocycles. The first-order valence-corrected chi connectivity index (χ1v) is 9.22. The van der Waals surface area contributed by atoms with E-state index in [4.69, 9.17) is 9.72 Å². The third-order valence-electron chi connectivity index (χ3n) is 5.78. The van der Waals surface area contributed by atoms with Crippen molar-refractivity contribution in [1.82, 2.24) is 9.55 Å². The number of aryl methyl sites for hydroxylation is 1. The summed E-state index contributed by atoms with van der Waals surface area (Å²) < 4.78 is 7.82. The van der Waals surface area contributed by atoms with Crippen molar-refractivity contribution in [3.8, 4) is 0 Å². The SMILES string of the molecule is Cn1c(CC(C)(C)C2CCOCC2)nc2cc(C(C)(C)C)ccc21. The van der Waals surface area contributed by atoms with Crippen molar-refractivity contribution in [3.63, 3.8) is 0 Å². The number of nitrogens with zero attached hydrogens (tertiary/aromatic N) is 2. The lowest BCUT2D eigenvalue weighted by atomic mass is 9.72. The first-order chi connectivity index (χ1) is 11.2. The fraction of sp³-hybridized carbons (Fsp3) is 0.667. The summed E-state index contributed by atoms with van der Waals surface area (Å²) in [5.74, 6) is 1.92. The van der Waals surface area contributed by atoms with Crippen LogP contribution in [0.1, 0.15) is 58.8 Å². The van der Waals surface area contributed by atoms with Gasteiger partial charge in [0.15, 0.2) is 0 Å². The zero-order chi connectivity index (χ0) is 17.5. The molecular formula is C21H32N2O. The van der Waals surface area contributed by atoms with E-state index in [1.165, 1.54) is 29.7 Å². The number of benzene rings is 1. The second-order valence-corrected chi connectivity index (χ2v) is 9.09. The van der Waals surface area contributed by atoms with Gasteiger partial charge in [-0.3, -0.25) is 0 Å². The van der Waals surface area contributed by atoms with Crippen LogP contribution in [0.25, 0.3) is 11.0 Å². The van der Waals surface area contributed by atoms with E-state index in [0.717, 1.165) is 31.1 Å². The standard InChI is InChI=1S/C21H32N2O/c1-20(2,3)16-7-8-18-17(13-16)22-19(23(18)6)14-21(4,5)15-9-11-24-12-10-15/h7-8,13,15H,9-12,14H2,1-6H3. The first-order valence-electron chi connectivity index (χ1n) is 9.22. The van der Waals surface area contributed by atoms with Gasteiger partial charge in [0.2, 0.25) is 0 Å². The molecule has 24 heavy (non-hydrogen) atoms. The van der Waals surface area contributed by atoms with Gasteiger partial charge in [0.05, 0.1) is 11.0 Å². The summed E-state index contributed by atoms with van der Waals surface area (Å²) in [7, 11) is 2.15. The van der Waals surface area contributed by atoms with Gasteiger partial charge in [0.1, 0.15) is 5.82 Å². The second kappa shape index (κ2) is 6.18. The molecular weight excluding hydrogens is 296 g/mol. The van der Waals surface area contributed by atoms with Crippen LogP contribution >= 0.6 is 0 Å². The summed E-state index contributed by atoms with van der Waals surface area (Å²) >= 11 is 0. The number of ether oxygens (including phenoxy) is 1. The zero-order valence-corrected chi connectivity index (χ0v) is 16.1. The molecule has 3 rings (SSSR count). The number of hydrogen-bond acceptors (Lipinski definition) is 2. The predicted octanol–water partition coefficient (Wildman–Crippen LogP) is 4.87. The molecule has 0 radical (unpaired) electrons. The molecule has 1 aliphatic heterocycles. The Morgan fingerprint density at radius 2 is 1.79 bits per heavy atom. The zero-order valence-electron chi connectivity index (χ0n) is 16.1. The Morgan fingerprint density at radius 1 is 1.12 bits per heavy atom. The summed E-state index contributed by atoms with van der Waals surface area (Å²) in [5, 5.41) is 0. The van der Waals surface area contributed by atoms with Crippen molar-refractivity contribution in [2.75, 3.05) is 13.2 Å². The van der Waals surface area contributed by atoms with Gasteiger partial charge in [0, 0.05) is 26.7 Å². The Bertz CT molecular complexity index is 715. The molecule has 0 saturated carbocycles. The molecule has 0 bridgehead atoms. The molecule has 2 heterocycles. The molecule has 0 unspecified atom stereocenters. The number of aromatic nitrogens is 2. The normalized spacial score (nSPS) is 17.6. The molecule has 2 aromatic rings. The molecule has 3 heteroatoms. The van der Waals surface area contributed by atoms with Crippen LogP contribution in [0.15, 0.2) is 18.2 Å². The third-order valence-corrected chi connectivity index (χ3v) is 5.78. The van der Waals surface area contributed by atoms with E-state index in [-0.39, 0.29) is 10.8 Å². The number of imidazole rings is 1. The van der Waals surface area contributed by atoms with Crippen LogP contribution in [0, 0.1) is 11.3 Å². The van der Waals surface area contributed by atoms with E-state index < -0.39 is 0 Å². The van der Waals surface area contributed by atoms with Crippen LogP contribution in [-0.4, -0.2) is 22.8 Å². The van der Waals surface area contributed by atoms with Crippen LogP contribution in [0.4, 0.5) is 0 Å². The van der Waals surface area contributed by atoms with Gasteiger partial charge in [-0.15, -0.1) is 0 Å². The number of hydrogen-bond donors (Lipinski definition) is 0. The minimum absolute atomic E-state index is 0.160. The van der Waals surface area contributed by atoms with Crippen molar-refractivity contribution in [1.29, 1.82) is 0 Å². The Labute approximate surface area is 146 Å². The third kappa shape index (κ3) is 3.37. The summed E-state index contributed by atoms with van der Waals surface area (Å²) in [5.41, 5.74) is 4.13. The van der Waals surface area contributed by atoms with Gasteiger partial charge in [-0.1, -0.05) is 40.7 Å². The highest BCUT2D eigenvalue weighted by molar-refractivity contribution is 5.77. The highest BCUT2D eigenvalue weighted by atomic mass is 16.5. The average molecular weight is 329 g/mol. The Kier molecular flexibility index (Phi) is 4.50. The van der Waals surface area contributed by atoms with Gasteiger partial charge in [-0.2, -0.15) is 0 Å². The largest absolute Gasteiger partial charge is 0.381 e. The molecule has 0 aliphatic carbocycles. The summed E-state index contributed by atoms with van der Waals surface area (Å²) in [4.78, 5) is 5.00. The molecule has 0 spiro atoms. The summed E-state index contributed by atoms with van der Waals surface area (Å²) in [6.07, 6.45) is 3.37. The second-order valence-electron chi connectivity index (χ2n) is 9.09.